The molecule has 1 aromatic carbocycles. The summed E-state index contributed by atoms with van der Waals surface area (Å²) in [5, 5.41) is 4.97. The van der Waals surface area contributed by atoms with Gasteiger partial charge in [-0.2, -0.15) is 8.75 Å². The maximum Gasteiger partial charge on any atom is 0.123 e. The summed E-state index contributed by atoms with van der Waals surface area (Å²) in [6.07, 6.45) is 2.24. The fraction of sp³-hybridized carbons (Fsp3) is 0. The van der Waals surface area contributed by atoms with E-state index in [1.54, 1.807) is 11.3 Å². The van der Waals surface area contributed by atoms with E-state index < -0.39 is 0 Å². The van der Waals surface area contributed by atoms with E-state index in [2.05, 4.69) is 44.1 Å². The Morgan fingerprint density at radius 3 is 3.00 bits per heavy atom. The van der Waals surface area contributed by atoms with E-state index in [1.165, 1.54) is 42.3 Å². The number of hydrogen-bond donors (Lipinski definition) is 0. The molecular weight excluding hydrogens is 320 g/mol. The summed E-state index contributed by atoms with van der Waals surface area (Å²) in [6, 6.07) is 6.58. The van der Waals surface area contributed by atoms with Crippen LogP contribution in [0.25, 0.3) is 37.6 Å². The van der Waals surface area contributed by atoms with Crippen LogP contribution in [0.4, 0.5) is 0 Å². The van der Waals surface area contributed by atoms with Gasteiger partial charge in [-0.1, -0.05) is 17.8 Å². The van der Waals surface area contributed by atoms with Crippen molar-refractivity contribution in [2.24, 2.45) is 0 Å². The van der Waals surface area contributed by atoms with E-state index in [9.17, 15) is 0 Å². The molecule has 3 aromatic heterocycles. The highest BCUT2D eigenvalue weighted by molar-refractivity contribution is 7.23. The Kier molecular flexibility index (Phi) is 2.31. The second kappa shape index (κ2) is 4.08. The van der Waals surface area contributed by atoms with Gasteiger partial charge in [-0.3, -0.25) is 0 Å². The van der Waals surface area contributed by atoms with Crippen LogP contribution >= 0.6 is 34.4 Å². The summed E-state index contributed by atoms with van der Waals surface area (Å²) in [5.74, 6) is 0. The predicted molar refractivity (Wildman–Crippen MR) is 90.5 cm³/mol. The molecular formula is C14H6N2S3Si. The standard InChI is InChI=1S/C14H6N2S3Si/c1-2-9(17-4-1)7-6-8-13(12-11(7)15-19-16-12)18-10-3-5-20-14(8)10/h1-6H. The minimum Gasteiger partial charge on any atom is -0.172 e. The van der Waals surface area contributed by atoms with Crippen molar-refractivity contribution >= 4 is 76.3 Å². The molecule has 20 heavy (non-hydrogen) atoms. The average Bonchev–Trinajstić information content (AvgIpc) is 3.21. The highest BCUT2D eigenvalue weighted by Gasteiger charge is 2.20. The molecule has 6 heteroatoms. The molecule has 0 bridgehead atoms. The molecule has 2 radical (unpaired) electrons. The van der Waals surface area contributed by atoms with E-state index >= 15 is 0 Å². The Morgan fingerprint density at radius 2 is 2.10 bits per heavy atom. The fourth-order valence-electron chi connectivity index (χ4n) is 2.59. The van der Waals surface area contributed by atoms with Crippen LogP contribution in [-0.2, 0) is 0 Å². The van der Waals surface area contributed by atoms with E-state index in [1.807, 2.05) is 11.3 Å². The summed E-state index contributed by atoms with van der Waals surface area (Å²) in [7, 11) is 0.789. The zero-order valence-electron chi connectivity index (χ0n) is 10.1. The van der Waals surface area contributed by atoms with Crippen molar-refractivity contribution in [1.29, 1.82) is 0 Å². The summed E-state index contributed by atoms with van der Waals surface area (Å²) in [4.78, 5) is 2.68. The monoisotopic (exact) mass is 326 g/mol. The lowest BCUT2D eigenvalue weighted by Crippen LogP contribution is -2.08. The maximum absolute atomic E-state index is 4.55. The largest absolute Gasteiger partial charge is 0.172 e. The number of nitrogens with zero attached hydrogens (tertiary/aromatic N) is 2. The van der Waals surface area contributed by atoms with Crippen LogP contribution in [0.2, 0.25) is 0 Å². The number of benzene rings is 1. The van der Waals surface area contributed by atoms with Crippen LogP contribution in [0, 0.1) is 0 Å². The van der Waals surface area contributed by atoms with Gasteiger partial charge in [-0.15, -0.1) is 22.7 Å². The SMILES string of the molecule is C1=Cc2sc3c(cc(-c4cccs4)c4nsnc43)c2[Si]1. The molecule has 0 saturated carbocycles. The Bertz CT molecular complexity index is 979. The zero-order valence-corrected chi connectivity index (χ0v) is 13.5. The third kappa shape index (κ3) is 1.42. The second-order valence-corrected chi connectivity index (χ2v) is 8.21. The molecule has 0 unspecified atom stereocenters. The van der Waals surface area contributed by atoms with E-state index in [4.69, 9.17) is 0 Å². The number of fused-ring (bicyclic) bond motifs is 5. The zero-order chi connectivity index (χ0) is 13.1. The van der Waals surface area contributed by atoms with Crippen LogP contribution in [0.15, 0.2) is 29.3 Å². The number of aromatic nitrogens is 2. The fourth-order valence-corrected chi connectivity index (χ4v) is 6.57. The predicted octanol–water partition coefficient (Wildman–Crippen LogP) is 3.95. The van der Waals surface area contributed by atoms with Crippen LogP contribution in [0.1, 0.15) is 4.88 Å². The molecule has 5 rings (SSSR count). The van der Waals surface area contributed by atoms with Crippen LogP contribution < -0.4 is 5.19 Å². The number of rotatable bonds is 1. The van der Waals surface area contributed by atoms with Crippen molar-refractivity contribution in [2.75, 3.05) is 0 Å². The minimum atomic E-state index is 0.789. The highest BCUT2D eigenvalue weighted by atomic mass is 32.1. The van der Waals surface area contributed by atoms with Gasteiger partial charge >= 0.3 is 0 Å². The molecule has 0 fully saturated rings. The summed E-state index contributed by atoms with van der Waals surface area (Å²) >= 11 is 4.94. The molecule has 2 nitrogen and oxygen atoms in total. The molecule has 0 atom stereocenters. The van der Waals surface area contributed by atoms with E-state index in [0.29, 0.717) is 0 Å². The molecule has 94 valence electrons. The number of hydrogen-bond acceptors (Lipinski definition) is 5. The third-order valence-electron chi connectivity index (χ3n) is 3.47. The Balaban J connectivity index is 1.99. The average molecular weight is 327 g/mol. The van der Waals surface area contributed by atoms with Gasteiger partial charge in [-0.05, 0) is 28.1 Å². The lowest BCUT2D eigenvalue weighted by Gasteiger charge is -2.01. The maximum atomic E-state index is 4.55. The van der Waals surface area contributed by atoms with Gasteiger partial charge < -0.3 is 0 Å². The van der Waals surface area contributed by atoms with Gasteiger partial charge in [-0.25, -0.2) is 0 Å². The van der Waals surface area contributed by atoms with Crippen molar-refractivity contribution in [1.82, 2.24) is 8.75 Å². The first-order valence-corrected chi connectivity index (χ1v) is 9.61. The minimum absolute atomic E-state index is 0.789. The topological polar surface area (TPSA) is 25.8 Å². The summed E-state index contributed by atoms with van der Waals surface area (Å²) < 4.78 is 10.4. The summed E-state index contributed by atoms with van der Waals surface area (Å²) in [5.41, 5.74) is 5.63. The van der Waals surface area contributed by atoms with Crippen molar-refractivity contribution in [3.05, 3.63) is 34.2 Å². The summed E-state index contributed by atoms with van der Waals surface area (Å²) in [6.45, 7) is 0. The molecule has 4 aromatic rings. The third-order valence-corrected chi connectivity index (χ3v) is 7.42. The lowest BCUT2D eigenvalue weighted by molar-refractivity contribution is 1.68. The molecule has 0 amide bonds. The van der Waals surface area contributed by atoms with Crippen molar-refractivity contribution < 1.29 is 0 Å². The van der Waals surface area contributed by atoms with Gasteiger partial charge in [0.15, 0.2) is 0 Å². The van der Waals surface area contributed by atoms with Gasteiger partial charge in [0.1, 0.15) is 20.6 Å². The first-order valence-electron chi connectivity index (χ1n) is 6.10. The quantitative estimate of drug-likeness (QED) is 0.495. The van der Waals surface area contributed by atoms with Gasteiger partial charge in [0.05, 0.1) is 16.4 Å². The van der Waals surface area contributed by atoms with Crippen LogP contribution in [-0.4, -0.2) is 18.3 Å². The van der Waals surface area contributed by atoms with E-state index in [0.717, 1.165) is 20.6 Å². The van der Waals surface area contributed by atoms with Crippen molar-refractivity contribution in [3.8, 4) is 10.4 Å². The Labute approximate surface area is 129 Å². The lowest BCUT2D eigenvalue weighted by atomic mass is 10.1. The number of thiophene rings is 2. The molecule has 0 N–H and O–H groups in total. The Morgan fingerprint density at radius 1 is 1.15 bits per heavy atom. The van der Waals surface area contributed by atoms with Gasteiger partial charge in [0.25, 0.3) is 0 Å². The van der Waals surface area contributed by atoms with E-state index in [-0.39, 0.29) is 0 Å². The molecule has 0 saturated heterocycles. The molecule has 0 spiro atoms. The Hall–Kier alpha value is -1.34. The molecule has 1 aliphatic rings. The molecule has 1 aliphatic heterocycles. The second-order valence-electron chi connectivity index (χ2n) is 4.56. The highest BCUT2D eigenvalue weighted by Crippen LogP contribution is 2.39. The normalized spacial score (nSPS) is 13.6. The molecule has 4 heterocycles. The van der Waals surface area contributed by atoms with Gasteiger partial charge in [0.2, 0.25) is 0 Å². The smallest absolute Gasteiger partial charge is 0.123 e. The van der Waals surface area contributed by atoms with Gasteiger partial charge in [0, 0.05) is 15.3 Å². The van der Waals surface area contributed by atoms with Crippen LogP contribution in [0.3, 0.4) is 0 Å². The first kappa shape index (κ1) is 11.3. The van der Waals surface area contributed by atoms with Crippen molar-refractivity contribution in [3.63, 3.8) is 0 Å². The van der Waals surface area contributed by atoms with Crippen molar-refractivity contribution in [2.45, 2.75) is 0 Å². The molecule has 0 aliphatic carbocycles. The first-order chi connectivity index (χ1) is 9.92. The van der Waals surface area contributed by atoms with Crippen LogP contribution in [0.5, 0.6) is 0 Å².